The number of aryl methyl sites for hydroxylation is 2. The van der Waals surface area contributed by atoms with E-state index in [4.69, 9.17) is 9.26 Å². The van der Waals surface area contributed by atoms with Crippen LogP contribution in [0.15, 0.2) is 16.7 Å². The van der Waals surface area contributed by atoms with E-state index in [2.05, 4.69) is 16.5 Å². The highest BCUT2D eigenvalue weighted by Crippen LogP contribution is 2.24. The van der Waals surface area contributed by atoms with Crippen molar-refractivity contribution in [2.24, 2.45) is 0 Å². The Balaban J connectivity index is 1.68. The van der Waals surface area contributed by atoms with Gasteiger partial charge in [-0.25, -0.2) is 0 Å². The first-order valence-electron chi connectivity index (χ1n) is 7.37. The smallest absolute Gasteiger partial charge is 0.226 e. The predicted octanol–water partition coefficient (Wildman–Crippen LogP) is 2.28. The van der Waals surface area contributed by atoms with Crippen molar-refractivity contribution in [3.8, 4) is 0 Å². The van der Waals surface area contributed by atoms with Gasteiger partial charge in [-0.15, -0.1) is 0 Å². The van der Waals surface area contributed by atoms with Gasteiger partial charge < -0.3 is 14.6 Å². The molecule has 5 nitrogen and oxygen atoms in total. The zero-order chi connectivity index (χ0) is 14.8. The molecule has 1 amide bonds. The molecular weight excluding hydrogens is 268 g/mol. The molecular formula is C16H20N2O3. The van der Waals surface area contributed by atoms with Gasteiger partial charge in [0.05, 0.1) is 12.5 Å². The monoisotopic (exact) mass is 288 g/mol. The third-order valence-corrected chi connectivity index (χ3v) is 3.87. The molecule has 1 saturated heterocycles. The first-order valence-corrected chi connectivity index (χ1v) is 7.37. The van der Waals surface area contributed by atoms with Crippen molar-refractivity contribution >= 4 is 16.9 Å². The van der Waals surface area contributed by atoms with Crippen molar-refractivity contribution in [3.63, 3.8) is 0 Å². The lowest BCUT2D eigenvalue weighted by Gasteiger charge is -2.10. The molecule has 112 valence electrons. The van der Waals surface area contributed by atoms with Gasteiger partial charge in [0.2, 0.25) is 5.91 Å². The Kier molecular flexibility index (Phi) is 3.92. The van der Waals surface area contributed by atoms with Crippen LogP contribution in [0.4, 0.5) is 0 Å². The first-order chi connectivity index (χ1) is 10.1. The molecule has 0 bridgehead atoms. The van der Waals surface area contributed by atoms with Crippen molar-refractivity contribution < 1.29 is 14.1 Å². The molecule has 3 rings (SSSR count). The van der Waals surface area contributed by atoms with Gasteiger partial charge >= 0.3 is 0 Å². The summed E-state index contributed by atoms with van der Waals surface area (Å²) in [6, 6.07) is 4.02. The molecule has 1 N–H and O–H groups in total. The molecule has 1 atom stereocenters. The van der Waals surface area contributed by atoms with Crippen LogP contribution in [0.2, 0.25) is 0 Å². The number of rotatable bonds is 4. The van der Waals surface area contributed by atoms with Crippen molar-refractivity contribution in [1.29, 1.82) is 0 Å². The molecule has 2 heterocycles. The largest absolute Gasteiger partial charge is 0.376 e. The van der Waals surface area contributed by atoms with Crippen LogP contribution in [0.5, 0.6) is 0 Å². The number of nitrogens with one attached hydrogen (secondary N) is 1. The highest BCUT2D eigenvalue weighted by molar-refractivity contribution is 5.88. The average Bonchev–Trinajstić information content (AvgIpc) is 3.06. The van der Waals surface area contributed by atoms with Gasteiger partial charge in [-0.05, 0) is 43.9 Å². The topological polar surface area (TPSA) is 64.4 Å². The van der Waals surface area contributed by atoms with Crippen molar-refractivity contribution in [2.45, 2.75) is 39.2 Å². The van der Waals surface area contributed by atoms with E-state index < -0.39 is 0 Å². The number of benzene rings is 1. The van der Waals surface area contributed by atoms with Crippen LogP contribution in [0.1, 0.15) is 29.7 Å². The molecule has 0 aliphatic carbocycles. The van der Waals surface area contributed by atoms with Crippen LogP contribution in [0.25, 0.3) is 11.0 Å². The quantitative estimate of drug-likeness (QED) is 0.937. The lowest BCUT2D eigenvalue weighted by molar-refractivity contribution is -0.121. The minimum Gasteiger partial charge on any atom is -0.376 e. The molecule has 0 radical (unpaired) electrons. The summed E-state index contributed by atoms with van der Waals surface area (Å²) < 4.78 is 10.8. The summed E-state index contributed by atoms with van der Waals surface area (Å²) in [5, 5.41) is 7.91. The molecule has 1 fully saturated rings. The number of fused-ring (bicyclic) bond motifs is 1. The van der Waals surface area contributed by atoms with Gasteiger partial charge in [0.1, 0.15) is 5.69 Å². The number of hydrogen-bond donors (Lipinski definition) is 1. The molecule has 21 heavy (non-hydrogen) atoms. The Bertz CT molecular complexity index is 657. The second kappa shape index (κ2) is 5.85. The minimum absolute atomic E-state index is 0.0410. The average molecular weight is 288 g/mol. The van der Waals surface area contributed by atoms with Gasteiger partial charge in [0.15, 0.2) is 5.58 Å². The number of carbonyl (C=O) groups excluding carboxylic acids is 1. The first kappa shape index (κ1) is 14.1. The van der Waals surface area contributed by atoms with Crippen LogP contribution < -0.4 is 5.32 Å². The van der Waals surface area contributed by atoms with Crippen molar-refractivity contribution in [3.05, 3.63) is 29.0 Å². The molecule has 0 saturated carbocycles. The van der Waals surface area contributed by atoms with E-state index in [1.165, 1.54) is 0 Å². The summed E-state index contributed by atoms with van der Waals surface area (Å²) in [7, 11) is 0. The minimum atomic E-state index is -0.0410. The van der Waals surface area contributed by atoms with Crippen molar-refractivity contribution in [2.75, 3.05) is 13.2 Å². The molecule has 0 spiro atoms. The Labute approximate surface area is 123 Å². The lowest BCUT2D eigenvalue weighted by atomic mass is 10.0. The summed E-state index contributed by atoms with van der Waals surface area (Å²) in [6.45, 7) is 5.41. The fraction of sp³-hybridized carbons (Fsp3) is 0.500. The van der Waals surface area contributed by atoms with E-state index in [1.807, 2.05) is 19.9 Å². The SMILES string of the molecule is Cc1cc(C)c2c(CC(=O)NCC3CCCO3)noc2c1. The molecule has 1 aromatic carbocycles. The van der Waals surface area contributed by atoms with Crippen molar-refractivity contribution in [1.82, 2.24) is 10.5 Å². The molecule has 1 unspecified atom stereocenters. The standard InChI is InChI=1S/C16H20N2O3/c1-10-6-11(2)16-13(18-21-14(16)7-10)8-15(19)17-9-12-4-3-5-20-12/h6-7,12H,3-5,8-9H2,1-2H3,(H,17,19). The van der Waals surface area contributed by atoms with Gasteiger partial charge in [0.25, 0.3) is 0 Å². The summed E-state index contributed by atoms with van der Waals surface area (Å²) in [4.78, 5) is 12.0. The number of nitrogens with zero attached hydrogens (tertiary/aromatic N) is 1. The molecule has 2 aromatic rings. The Hall–Kier alpha value is -1.88. The van der Waals surface area contributed by atoms with Crippen LogP contribution in [-0.2, 0) is 16.0 Å². The van der Waals surface area contributed by atoms with Gasteiger partial charge in [-0.1, -0.05) is 11.2 Å². The van der Waals surface area contributed by atoms with E-state index in [-0.39, 0.29) is 18.4 Å². The number of hydrogen-bond acceptors (Lipinski definition) is 4. The van der Waals surface area contributed by atoms with Gasteiger partial charge in [-0.2, -0.15) is 0 Å². The third-order valence-electron chi connectivity index (χ3n) is 3.87. The zero-order valence-electron chi connectivity index (χ0n) is 12.4. The van der Waals surface area contributed by atoms with E-state index >= 15 is 0 Å². The summed E-state index contributed by atoms with van der Waals surface area (Å²) in [5.74, 6) is -0.0410. The summed E-state index contributed by atoms with van der Waals surface area (Å²) in [5.41, 5.74) is 3.67. The predicted molar refractivity (Wildman–Crippen MR) is 79.2 cm³/mol. The maximum absolute atomic E-state index is 12.0. The lowest BCUT2D eigenvalue weighted by Crippen LogP contribution is -2.32. The second-order valence-corrected chi connectivity index (χ2v) is 5.70. The number of amides is 1. The Morgan fingerprint density at radius 3 is 3.05 bits per heavy atom. The Morgan fingerprint density at radius 2 is 2.29 bits per heavy atom. The number of aromatic nitrogens is 1. The zero-order valence-corrected chi connectivity index (χ0v) is 12.4. The third kappa shape index (κ3) is 3.08. The normalized spacial score (nSPS) is 18.3. The fourth-order valence-corrected chi connectivity index (χ4v) is 2.89. The number of ether oxygens (including phenoxy) is 1. The van der Waals surface area contributed by atoms with E-state index in [0.29, 0.717) is 12.2 Å². The summed E-state index contributed by atoms with van der Waals surface area (Å²) >= 11 is 0. The molecule has 5 heteroatoms. The highest BCUT2D eigenvalue weighted by atomic mass is 16.5. The van der Waals surface area contributed by atoms with Gasteiger partial charge in [-0.3, -0.25) is 4.79 Å². The van der Waals surface area contributed by atoms with Crippen LogP contribution in [0, 0.1) is 13.8 Å². The van der Waals surface area contributed by atoms with Crippen LogP contribution in [0.3, 0.4) is 0 Å². The van der Waals surface area contributed by atoms with E-state index in [9.17, 15) is 4.79 Å². The maximum Gasteiger partial charge on any atom is 0.226 e. The molecule has 1 aliphatic heterocycles. The number of carbonyl (C=O) groups is 1. The van der Waals surface area contributed by atoms with E-state index in [1.54, 1.807) is 0 Å². The fourth-order valence-electron chi connectivity index (χ4n) is 2.89. The highest BCUT2D eigenvalue weighted by Gasteiger charge is 2.18. The van der Waals surface area contributed by atoms with Crippen LogP contribution >= 0.6 is 0 Å². The second-order valence-electron chi connectivity index (χ2n) is 5.70. The maximum atomic E-state index is 12.0. The Morgan fingerprint density at radius 1 is 1.43 bits per heavy atom. The van der Waals surface area contributed by atoms with Crippen LogP contribution in [-0.4, -0.2) is 30.3 Å². The molecule has 1 aromatic heterocycles. The summed E-state index contributed by atoms with van der Waals surface area (Å²) in [6.07, 6.45) is 2.50. The van der Waals surface area contributed by atoms with Gasteiger partial charge in [0, 0.05) is 18.5 Å². The molecule has 1 aliphatic rings. The van der Waals surface area contributed by atoms with E-state index in [0.717, 1.165) is 41.5 Å².